The molecule has 0 spiro atoms. The fourth-order valence-electron chi connectivity index (χ4n) is 1.16. The summed E-state index contributed by atoms with van der Waals surface area (Å²) in [6.45, 7) is 0. The highest BCUT2D eigenvalue weighted by atomic mass is 16.6. The average Bonchev–Trinajstić information content (AvgIpc) is 2.20. The van der Waals surface area contributed by atoms with Gasteiger partial charge in [-0.25, -0.2) is 0 Å². The van der Waals surface area contributed by atoms with E-state index in [1.54, 1.807) is 0 Å². The molecule has 1 aromatic rings. The second-order valence-corrected chi connectivity index (χ2v) is 2.81. The first-order valence-electron chi connectivity index (χ1n) is 4.16. The molecule has 1 aromatic carbocycles. The molecule has 0 aromatic heterocycles. The van der Waals surface area contributed by atoms with Crippen LogP contribution in [0.15, 0.2) is 12.1 Å². The van der Waals surface area contributed by atoms with Gasteiger partial charge in [0.05, 0.1) is 31.2 Å². The third-order valence-corrected chi connectivity index (χ3v) is 1.85. The zero-order chi connectivity index (χ0) is 11.4. The normalized spacial score (nSPS) is 9.73. The molecule has 1 rings (SSSR count). The van der Waals surface area contributed by atoms with Crippen LogP contribution in [0.25, 0.3) is 0 Å². The lowest BCUT2D eigenvalue weighted by Crippen LogP contribution is -2.14. The first-order chi connectivity index (χ1) is 7.10. The maximum absolute atomic E-state index is 11.1. The van der Waals surface area contributed by atoms with Gasteiger partial charge in [0.15, 0.2) is 0 Å². The van der Waals surface area contributed by atoms with Crippen molar-refractivity contribution in [3.05, 3.63) is 17.7 Å². The molecule has 0 aliphatic rings. The molecule has 0 aliphatic heterocycles. The second-order valence-electron chi connectivity index (χ2n) is 2.81. The molecule has 0 aliphatic carbocycles. The molecule has 0 bridgehead atoms. The van der Waals surface area contributed by atoms with Crippen LogP contribution in [0.2, 0.25) is 0 Å². The van der Waals surface area contributed by atoms with Crippen LogP contribution in [0, 0.1) is 0 Å². The predicted molar refractivity (Wildman–Crippen MR) is 56.6 cm³/mol. The average molecular weight is 211 g/mol. The number of nitrogens with one attached hydrogen (secondary N) is 1. The van der Waals surface area contributed by atoms with Crippen molar-refractivity contribution in [3.63, 3.8) is 0 Å². The fourth-order valence-corrected chi connectivity index (χ4v) is 1.16. The predicted octanol–water partition coefficient (Wildman–Crippen LogP) is 0.350. The first-order valence-corrected chi connectivity index (χ1v) is 4.16. The summed E-state index contributed by atoms with van der Waals surface area (Å²) in [4.78, 5) is 15.8. The van der Waals surface area contributed by atoms with E-state index in [2.05, 4.69) is 5.48 Å². The highest BCUT2D eigenvalue weighted by Gasteiger charge is 2.12. The SMILES string of the molecule is CONc1cc(C(N)=O)c(OC)cc1N. The molecule has 1 amide bonds. The summed E-state index contributed by atoms with van der Waals surface area (Å²) in [5.41, 5.74) is 14.5. The van der Waals surface area contributed by atoms with Crippen molar-refractivity contribution in [2.45, 2.75) is 0 Å². The first kappa shape index (κ1) is 11.1. The van der Waals surface area contributed by atoms with E-state index in [1.165, 1.54) is 26.4 Å². The van der Waals surface area contributed by atoms with Crippen LogP contribution in [-0.2, 0) is 4.84 Å². The third kappa shape index (κ3) is 2.29. The molecule has 0 unspecified atom stereocenters. The van der Waals surface area contributed by atoms with E-state index < -0.39 is 5.91 Å². The number of ether oxygens (including phenoxy) is 1. The monoisotopic (exact) mass is 211 g/mol. The van der Waals surface area contributed by atoms with E-state index in [9.17, 15) is 4.79 Å². The molecule has 6 heteroatoms. The zero-order valence-electron chi connectivity index (χ0n) is 8.53. The molecular weight excluding hydrogens is 198 g/mol. The highest BCUT2D eigenvalue weighted by molar-refractivity contribution is 5.98. The number of hydrogen-bond donors (Lipinski definition) is 3. The highest BCUT2D eigenvalue weighted by Crippen LogP contribution is 2.28. The van der Waals surface area contributed by atoms with E-state index in [1.807, 2.05) is 0 Å². The van der Waals surface area contributed by atoms with Crippen LogP contribution in [0.1, 0.15) is 10.4 Å². The number of methoxy groups -OCH3 is 1. The fraction of sp³-hybridized carbons (Fsp3) is 0.222. The van der Waals surface area contributed by atoms with E-state index in [-0.39, 0.29) is 5.56 Å². The number of nitrogen functional groups attached to an aromatic ring is 1. The number of nitrogens with two attached hydrogens (primary N) is 2. The lowest BCUT2D eigenvalue weighted by Gasteiger charge is -2.11. The van der Waals surface area contributed by atoms with Crippen molar-refractivity contribution in [3.8, 4) is 5.75 Å². The van der Waals surface area contributed by atoms with Crippen molar-refractivity contribution >= 4 is 17.3 Å². The van der Waals surface area contributed by atoms with Crippen molar-refractivity contribution in [2.75, 3.05) is 25.4 Å². The van der Waals surface area contributed by atoms with E-state index in [4.69, 9.17) is 21.0 Å². The van der Waals surface area contributed by atoms with Crippen LogP contribution >= 0.6 is 0 Å². The summed E-state index contributed by atoms with van der Waals surface area (Å²) < 4.78 is 4.97. The summed E-state index contributed by atoms with van der Waals surface area (Å²) >= 11 is 0. The molecule has 6 nitrogen and oxygen atoms in total. The van der Waals surface area contributed by atoms with Gasteiger partial charge in [0, 0.05) is 6.07 Å². The van der Waals surface area contributed by atoms with Crippen LogP contribution in [0.5, 0.6) is 5.75 Å². The molecular formula is C9H13N3O3. The Morgan fingerprint density at radius 1 is 1.40 bits per heavy atom. The molecule has 0 radical (unpaired) electrons. The Morgan fingerprint density at radius 2 is 2.07 bits per heavy atom. The Balaban J connectivity index is 3.23. The van der Waals surface area contributed by atoms with Crippen molar-refractivity contribution in [1.29, 1.82) is 0 Å². The van der Waals surface area contributed by atoms with Crippen molar-refractivity contribution in [2.24, 2.45) is 5.73 Å². The number of hydrogen-bond acceptors (Lipinski definition) is 5. The third-order valence-electron chi connectivity index (χ3n) is 1.85. The number of primary amides is 1. The Kier molecular flexibility index (Phi) is 3.35. The topological polar surface area (TPSA) is 99.6 Å². The van der Waals surface area contributed by atoms with Crippen LogP contribution in [-0.4, -0.2) is 20.1 Å². The molecule has 15 heavy (non-hydrogen) atoms. The minimum atomic E-state index is -0.592. The van der Waals surface area contributed by atoms with Crippen LogP contribution < -0.4 is 21.7 Å². The summed E-state index contributed by atoms with van der Waals surface area (Å²) in [6.07, 6.45) is 0. The molecule has 0 heterocycles. The van der Waals surface area contributed by atoms with E-state index in [0.717, 1.165) is 0 Å². The van der Waals surface area contributed by atoms with Crippen LogP contribution in [0.3, 0.4) is 0 Å². The van der Waals surface area contributed by atoms with Gasteiger partial charge in [-0.05, 0) is 6.07 Å². The maximum atomic E-state index is 11.1. The largest absolute Gasteiger partial charge is 0.496 e. The molecule has 0 saturated heterocycles. The molecule has 0 fully saturated rings. The lowest BCUT2D eigenvalue weighted by molar-refractivity contribution is 0.0997. The van der Waals surface area contributed by atoms with E-state index in [0.29, 0.717) is 17.1 Å². The van der Waals surface area contributed by atoms with Crippen molar-refractivity contribution < 1.29 is 14.4 Å². The molecule has 0 saturated carbocycles. The van der Waals surface area contributed by atoms with Crippen molar-refractivity contribution in [1.82, 2.24) is 0 Å². The minimum absolute atomic E-state index is 0.242. The molecule has 82 valence electrons. The van der Waals surface area contributed by atoms with Gasteiger partial charge >= 0.3 is 0 Å². The second kappa shape index (κ2) is 4.52. The van der Waals surface area contributed by atoms with Crippen LogP contribution in [0.4, 0.5) is 11.4 Å². The van der Waals surface area contributed by atoms with Gasteiger partial charge in [-0.3, -0.25) is 15.1 Å². The summed E-state index contributed by atoms with van der Waals surface area (Å²) in [6, 6.07) is 2.97. The van der Waals surface area contributed by atoms with Gasteiger partial charge in [-0.15, -0.1) is 0 Å². The van der Waals surface area contributed by atoms with Gasteiger partial charge < -0.3 is 16.2 Å². The minimum Gasteiger partial charge on any atom is -0.496 e. The summed E-state index contributed by atoms with van der Waals surface area (Å²) in [5, 5.41) is 0. The Bertz CT molecular complexity index is 379. The molecule has 5 N–H and O–H groups in total. The zero-order valence-corrected chi connectivity index (χ0v) is 8.53. The number of anilines is 2. The van der Waals surface area contributed by atoms with E-state index >= 15 is 0 Å². The van der Waals surface area contributed by atoms with Gasteiger partial charge in [-0.2, -0.15) is 0 Å². The quantitative estimate of drug-likeness (QED) is 0.493. The van der Waals surface area contributed by atoms with Gasteiger partial charge in [0.2, 0.25) is 0 Å². The Hall–Kier alpha value is -1.95. The lowest BCUT2D eigenvalue weighted by atomic mass is 10.1. The number of carbonyl (C=O) groups excluding carboxylic acids is 1. The Morgan fingerprint density at radius 3 is 2.53 bits per heavy atom. The number of carbonyl (C=O) groups is 1. The summed E-state index contributed by atoms with van der Waals surface area (Å²) in [7, 11) is 2.87. The number of amides is 1. The summed E-state index contributed by atoms with van der Waals surface area (Å²) in [5.74, 6) is -0.257. The number of benzene rings is 1. The standard InChI is InChI=1S/C9H13N3O3/c1-14-8-4-6(10)7(12-15-2)3-5(8)9(11)13/h3-4,12H,10H2,1-2H3,(H2,11,13). The smallest absolute Gasteiger partial charge is 0.252 e. The molecule has 0 atom stereocenters. The van der Waals surface area contributed by atoms with Gasteiger partial charge in [-0.1, -0.05) is 0 Å². The number of rotatable bonds is 4. The Labute approximate surface area is 87.1 Å². The maximum Gasteiger partial charge on any atom is 0.252 e. The van der Waals surface area contributed by atoms with Gasteiger partial charge in [0.1, 0.15) is 5.75 Å². The van der Waals surface area contributed by atoms with Gasteiger partial charge in [0.25, 0.3) is 5.91 Å².